The van der Waals surface area contributed by atoms with Crippen LogP contribution in [0.2, 0.25) is 5.02 Å². The van der Waals surface area contributed by atoms with Crippen LogP contribution in [0, 0.1) is 6.92 Å². The topological polar surface area (TPSA) is 55.9 Å². The molecule has 0 aliphatic carbocycles. The van der Waals surface area contributed by atoms with Crippen LogP contribution >= 0.6 is 23.4 Å². The summed E-state index contributed by atoms with van der Waals surface area (Å²) in [6.07, 6.45) is 2.00. The summed E-state index contributed by atoms with van der Waals surface area (Å²) in [5.74, 6) is 7.73. The van der Waals surface area contributed by atoms with Gasteiger partial charge in [0.15, 0.2) is 0 Å². The maximum absolute atomic E-state index is 6.22. The minimum absolute atomic E-state index is 0.235. The van der Waals surface area contributed by atoms with Crippen molar-refractivity contribution < 1.29 is 0 Å². The van der Waals surface area contributed by atoms with Crippen LogP contribution in [0.5, 0.6) is 0 Å². The van der Waals surface area contributed by atoms with E-state index in [0.29, 0.717) is 0 Å². The highest BCUT2D eigenvalue weighted by molar-refractivity contribution is 7.99. The first kappa shape index (κ1) is 14.8. The van der Waals surface area contributed by atoms with Crippen molar-refractivity contribution in [1.29, 1.82) is 0 Å². The summed E-state index contributed by atoms with van der Waals surface area (Å²) in [5.41, 5.74) is 4.77. The van der Waals surface area contributed by atoms with Crippen molar-refractivity contribution in [2.45, 2.75) is 32.7 Å². The average Bonchev–Trinajstić information content (AvgIpc) is 2.54. The molecular weight excluding hydrogens is 256 g/mol. The van der Waals surface area contributed by atoms with Crippen LogP contribution in [0.1, 0.15) is 24.7 Å². The third-order valence-corrected chi connectivity index (χ3v) is 4.43. The molecule has 0 aliphatic rings. The molecular formula is C11H21ClN4S. The number of thioether (sulfide) groups is 1. The third-order valence-electron chi connectivity index (χ3n) is 2.60. The predicted octanol–water partition coefficient (Wildman–Crippen LogP) is 1.90. The SMILES string of the molecule is CCCSCC(Cc1c(Cl)c(C)nn1C)NN. The summed E-state index contributed by atoms with van der Waals surface area (Å²) >= 11 is 8.13. The number of aryl methyl sites for hydroxylation is 2. The second-order valence-electron chi connectivity index (χ2n) is 4.11. The molecule has 0 fully saturated rings. The van der Waals surface area contributed by atoms with Gasteiger partial charge in [0.2, 0.25) is 0 Å². The molecule has 0 spiro atoms. The Morgan fingerprint density at radius 1 is 1.59 bits per heavy atom. The molecule has 0 aliphatic heterocycles. The molecule has 1 aromatic rings. The van der Waals surface area contributed by atoms with Gasteiger partial charge in [-0.3, -0.25) is 16.0 Å². The highest BCUT2D eigenvalue weighted by Crippen LogP contribution is 2.21. The smallest absolute Gasteiger partial charge is 0.0847 e. The van der Waals surface area contributed by atoms with Gasteiger partial charge in [-0.1, -0.05) is 18.5 Å². The Morgan fingerprint density at radius 3 is 2.76 bits per heavy atom. The van der Waals surface area contributed by atoms with Gasteiger partial charge < -0.3 is 0 Å². The molecule has 0 amide bonds. The lowest BCUT2D eigenvalue weighted by molar-refractivity contribution is 0.551. The lowest BCUT2D eigenvalue weighted by atomic mass is 10.2. The highest BCUT2D eigenvalue weighted by atomic mass is 35.5. The van der Waals surface area contributed by atoms with Gasteiger partial charge in [-0.2, -0.15) is 16.9 Å². The van der Waals surface area contributed by atoms with E-state index in [2.05, 4.69) is 17.4 Å². The molecule has 0 aromatic carbocycles. The molecule has 1 rings (SSSR count). The number of hydrazine groups is 1. The molecule has 1 heterocycles. The van der Waals surface area contributed by atoms with E-state index in [9.17, 15) is 0 Å². The molecule has 1 unspecified atom stereocenters. The molecule has 0 bridgehead atoms. The van der Waals surface area contributed by atoms with Gasteiger partial charge in [0.25, 0.3) is 0 Å². The molecule has 1 aromatic heterocycles. The quantitative estimate of drug-likeness (QED) is 0.454. The monoisotopic (exact) mass is 276 g/mol. The standard InChI is InChI=1S/C11H21ClN4S/c1-4-5-17-7-9(14-13)6-10-11(12)8(2)15-16(10)3/h9,14H,4-7,13H2,1-3H3. The van der Waals surface area contributed by atoms with Gasteiger partial charge in [0.1, 0.15) is 0 Å². The Kier molecular flexibility index (Phi) is 6.33. The summed E-state index contributed by atoms with van der Waals surface area (Å²) in [5, 5.41) is 5.06. The van der Waals surface area contributed by atoms with Gasteiger partial charge in [-0.25, -0.2) is 0 Å². The Balaban J connectivity index is 2.60. The second kappa shape index (κ2) is 7.26. The number of halogens is 1. The van der Waals surface area contributed by atoms with Crippen molar-refractivity contribution in [3.8, 4) is 0 Å². The molecule has 4 nitrogen and oxygen atoms in total. The van der Waals surface area contributed by atoms with Crippen molar-refractivity contribution in [2.24, 2.45) is 12.9 Å². The van der Waals surface area contributed by atoms with E-state index in [1.54, 1.807) is 0 Å². The number of hydrogen-bond acceptors (Lipinski definition) is 4. The van der Waals surface area contributed by atoms with Crippen LogP contribution in [0.15, 0.2) is 0 Å². The summed E-state index contributed by atoms with van der Waals surface area (Å²) in [6.45, 7) is 4.10. The molecule has 1 atom stereocenters. The fourth-order valence-electron chi connectivity index (χ4n) is 1.67. The summed E-state index contributed by atoms with van der Waals surface area (Å²) < 4.78 is 1.84. The van der Waals surface area contributed by atoms with E-state index in [1.165, 1.54) is 6.42 Å². The van der Waals surface area contributed by atoms with Crippen LogP contribution in [-0.4, -0.2) is 27.3 Å². The first-order chi connectivity index (χ1) is 8.10. The minimum atomic E-state index is 0.235. The number of hydrogen-bond donors (Lipinski definition) is 2. The first-order valence-corrected chi connectivity index (χ1v) is 7.35. The number of nitrogens with zero attached hydrogens (tertiary/aromatic N) is 2. The maximum Gasteiger partial charge on any atom is 0.0847 e. The zero-order chi connectivity index (χ0) is 12.8. The van der Waals surface area contributed by atoms with Crippen molar-refractivity contribution in [3.05, 3.63) is 16.4 Å². The number of aromatic nitrogens is 2. The van der Waals surface area contributed by atoms with Gasteiger partial charge in [-0.05, 0) is 19.1 Å². The predicted molar refractivity (Wildman–Crippen MR) is 75.4 cm³/mol. The fourth-order valence-corrected chi connectivity index (χ4v) is 2.86. The van der Waals surface area contributed by atoms with E-state index in [-0.39, 0.29) is 6.04 Å². The van der Waals surface area contributed by atoms with Gasteiger partial charge in [-0.15, -0.1) is 0 Å². The Hall–Kier alpha value is -0.230. The number of rotatable bonds is 7. The average molecular weight is 277 g/mol. The van der Waals surface area contributed by atoms with Crippen molar-refractivity contribution in [1.82, 2.24) is 15.2 Å². The summed E-state index contributed by atoms with van der Waals surface area (Å²) in [4.78, 5) is 0. The number of nitrogens with one attached hydrogen (secondary N) is 1. The van der Waals surface area contributed by atoms with E-state index in [4.69, 9.17) is 17.4 Å². The minimum Gasteiger partial charge on any atom is -0.271 e. The van der Waals surface area contributed by atoms with Crippen molar-refractivity contribution >= 4 is 23.4 Å². The second-order valence-corrected chi connectivity index (χ2v) is 5.64. The molecule has 0 radical (unpaired) electrons. The Morgan fingerprint density at radius 2 is 2.29 bits per heavy atom. The fraction of sp³-hybridized carbons (Fsp3) is 0.727. The summed E-state index contributed by atoms with van der Waals surface area (Å²) in [7, 11) is 1.92. The van der Waals surface area contributed by atoms with E-state index < -0.39 is 0 Å². The molecule has 0 saturated heterocycles. The van der Waals surface area contributed by atoms with Crippen LogP contribution in [0.3, 0.4) is 0 Å². The summed E-state index contributed by atoms with van der Waals surface area (Å²) in [6, 6.07) is 0.235. The molecule has 3 N–H and O–H groups in total. The molecule has 0 saturated carbocycles. The normalized spacial score (nSPS) is 13.0. The lowest BCUT2D eigenvalue weighted by Crippen LogP contribution is -2.39. The van der Waals surface area contributed by atoms with Crippen LogP contribution in [-0.2, 0) is 13.5 Å². The first-order valence-electron chi connectivity index (χ1n) is 5.82. The van der Waals surface area contributed by atoms with Gasteiger partial charge in [0.05, 0.1) is 16.4 Å². The Labute approximate surface area is 112 Å². The number of nitrogens with two attached hydrogens (primary N) is 1. The molecule has 17 heavy (non-hydrogen) atoms. The van der Waals surface area contributed by atoms with Crippen molar-refractivity contribution in [3.63, 3.8) is 0 Å². The van der Waals surface area contributed by atoms with E-state index in [1.807, 2.05) is 30.4 Å². The zero-order valence-corrected chi connectivity index (χ0v) is 12.2. The van der Waals surface area contributed by atoms with Crippen LogP contribution in [0.25, 0.3) is 0 Å². The van der Waals surface area contributed by atoms with Gasteiger partial charge >= 0.3 is 0 Å². The highest BCUT2D eigenvalue weighted by Gasteiger charge is 2.16. The Bertz CT molecular complexity index is 353. The largest absolute Gasteiger partial charge is 0.271 e. The van der Waals surface area contributed by atoms with Gasteiger partial charge in [0, 0.05) is 25.3 Å². The van der Waals surface area contributed by atoms with Crippen LogP contribution in [0.4, 0.5) is 0 Å². The van der Waals surface area contributed by atoms with E-state index in [0.717, 1.165) is 34.3 Å². The van der Waals surface area contributed by atoms with Crippen molar-refractivity contribution in [2.75, 3.05) is 11.5 Å². The zero-order valence-electron chi connectivity index (χ0n) is 10.7. The van der Waals surface area contributed by atoms with Crippen LogP contribution < -0.4 is 11.3 Å². The lowest BCUT2D eigenvalue weighted by Gasteiger charge is -2.15. The maximum atomic E-state index is 6.22. The molecule has 98 valence electrons. The molecule has 6 heteroatoms. The van der Waals surface area contributed by atoms with E-state index >= 15 is 0 Å². The third kappa shape index (κ3) is 4.17.